The van der Waals surface area contributed by atoms with Gasteiger partial charge in [-0.1, -0.05) is 76.3 Å². The lowest BCUT2D eigenvalue weighted by molar-refractivity contribution is -0.131. The summed E-state index contributed by atoms with van der Waals surface area (Å²) >= 11 is 0. The van der Waals surface area contributed by atoms with E-state index in [1.165, 1.54) is 12.7 Å². The van der Waals surface area contributed by atoms with Gasteiger partial charge in [-0.15, -0.1) is 0 Å². The van der Waals surface area contributed by atoms with Crippen LogP contribution in [0.4, 0.5) is 4.79 Å². The monoisotopic (exact) mass is 682 g/mol. The Morgan fingerprint density at radius 3 is 2.16 bits per heavy atom. The highest BCUT2D eigenvalue weighted by molar-refractivity contribution is 5.91. The number of benzene rings is 1. The highest BCUT2D eigenvalue weighted by Gasteiger charge is 2.34. The minimum absolute atomic E-state index is 0.0997. The number of nitrogens with zero attached hydrogens (tertiary/aromatic N) is 1. The van der Waals surface area contributed by atoms with Crippen LogP contribution in [0.25, 0.3) is 0 Å². The summed E-state index contributed by atoms with van der Waals surface area (Å²) in [6, 6.07) is 6.54. The van der Waals surface area contributed by atoms with Crippen molar-refractivity contribution in [3.05, 3.63) is 54.1 Å². The van der Waals surface area contributed by atoms with Crippen molar-refractivity contribution < 1.29 is 29.0 Å². The summed E-state index contributed by atoms with van der Waals surface area (Å²) in [6.07, 6.45) is 8.38. The molecule has 0 unspecified atom stereocenters. The van der Waals surface area contributed by atoms with Gasteiger partial charge in [-0.3, -0.25) is 14.4 Å². The largest absolute Gasteiger partial charge is 0.444 e. The van der Waals surface area contributed by atoms with Crippen molar-refractivity contribution in [1.82, 2.24) is 31.2 Å². The fourth-order valence-electron chi connectivity index (χ4n) is 6.52. The molecule has 1 aliphatic carbocycles. The van der Waals surface area contributed by atoms with Crippen LogP contribution in [0.3, 0.4) is 0 Å². The maximum atomic E-state index is 14.1. The van der Waals surface area contributed by atoms with Crippen molar-refractivity contribution in [3.8, 4) is 0 Å². The lowest BCUT2D eigenvalue weighted by atomic mass is 9.81. The van der Waals surface area contributed by atoms with Crippen LogP contribution in [-0.4, -0.2) is 75.8 Å². The molecule has 0 radical (unpaired) electrons. The van der Waals surface area contributed by atoms with Crippen LogP contribution in [0, 0.1) is 17.8 Å². The average molecular weight is 683 g/mol. The van der Waals surface area contributed by atoms with Crippen LogP contribution in [-0.2, 0) is 32.0 Å². The first-order valence-electron chi connectivity index (χ1n) is 17.7. The Bertz CT molecular complexity index is 1310. The van der Waals surface area contributed by atoms with E-state index in [1.807, 2.05) is 44.2 Å². The number of H-pyrrole nitrogens is 1. The number of aliphatic hydroxyl groups is 1. The second kappa shape index (κ2) is 19.3. The van der Waals surface area contributed by atoms with Gasteiger partial charge in [0, 0.05) is 37.7 Å². The van der Waals surface area contributed by atoms with Gasteiger partial charge in [0.25, 0.3) is 0 Å². The van der Waals surface area contributed by atoms with E-state index in [-0.39, 0.29) is 31.1 Å². The van der Waals surface area contributed by atoms with E-state index >= 15 is 0 Å². The Morgan fingerprint density at radius 2 is 1.57 bits per heavy atom. The van der Waals surface area contributed by atoms with Crippen molar-refractivity contribution >= 4 is 23.8 Å². The third-order valence-electron chi connectivity index (χ3n) is 8.91. The van der Waals surface area contributed by atoms with E-state index in [0.29, 0.717) is 24.5 Å². The molecule has 12 heteroatoms. The molecule has 0 spiro atoms. The third kappa shape index (κ3) is 14.2. The van der Waals surface area contributed by atoms with Gasteiger partial charge in [-0.2, -0.15) is 0 Å². The summed E-state index contributed by atoms with van der Waals surface area (Å²) in [5.74, 6) is -1.01. The van der Waals surface area contributed by atoms with Gasteiger partial charge >= 0.3 is 6.09 Å². The van der Waals surface area contributed by atoms with Gasteiger partial charge in [-0.05, 0) is 57.4 Å². The number of nitrogens with one attached hydrogen (secondary N) is 5. The summed E-state index contributed by atoms with van der Waals surface area (Å²) in [7, 11) is 1.59. The SMILES string of the molecule is CNC(=O)[C@H](CC(C)C)C[C@H](O)[C@H](CC1CCCCC1)NC(=O)[C@H](Cc1cnc[nH]1)NC(=O)[C@H](Cc1ccccc1)NC(=O)OC(C)(C)C. The van der Waals surface area contributed by atoms with Gasteiger partial charge in [0.2, 0.25) is 17.7 Å². The van der Waals surface area contributed by atoms with E-state index < -0.39 is 53.7 Å². The van der Waals surface area contributed by atoms with Crippen molar-refractivity contribution in [3.63, 3.8) is 0 Å². The number of rotatable bonds is 17. The molecule has 0 saturated heterocycles. The van der Waals surface area contributed by atoms with E-state index in [9.17, 15) is 24.3 Å². The molecule has 0 aliphatic heterocycles. The number of alkyl carbamates (subject to hydrolysis) is 1. The molecule has 6 N–H and O–H groups in total. The predicted molar refractivity (Wildman–Crippen MR) is 188 cm³/mol. The number of aliphatic hydroxyl groups excluding tert-OH is 1. The molecule has 1 aromatic heterocycles. The molecule has 49 heavy (non-hydrogen) atoms. The van der Waals surface area contributed by atoms with E-state index in [2.05, 4.69) is 31.2 Å². The average Bonchev–Trinajstić information content (AvgIpc) is 3.56. The fourth-order valence-corrected chi connectivity index (χ4v) is 6.52. The van der Waals surface area contributed by atoms with Crippen LogP contribution in [0.5, 0.6) is 0 Å². The first-order valence-corrected chi connectivity index (χ1v) is 17.7. The molecule has 1 aliphatic rings. The molecule has 1 fully saturated rings. The van der Waals surface area contributed by atoms with Crippen molar-refractivity contribution in [2.24, 2.45) is 17.8 Å². The summed E-state index contributed by atoms with van der Waals surface area (Å²) in [4.78, 5) is 60.7. The summed E-state index contributed by atoms with van der Waals surface area (Å²) < 4.78 is 5.45. The molecule has 1 aromatic carbocycles. The Balaban J connectivity index is 1.86. The first-order chi connectivity index (χ1) is 23.2. The maximum absolute atomic E-state index is 14.1. The molecule has 1 saturated carbocycles. The van der Waals surface area contributed by atoms with Crippen molar-refractivity contribution in [2.75, 3.05) is 7.05 Å². The highest BCUT2D eigenvalue weighted by atomic mass is 16.6. The molecule has 0 bridgehead atoms. The number of amides is 4. The van der Waals surface area contributed by atoms with E-state index in [1.54, 1.807) is 34.0 Å². The van der Waals surface area contributed by atoms with Crippen molar-refractivity contribution in [1.29, 1.82) is 0 Å². The summed E-state index contributed by atoms with van der Waals surface area (Å²) in [5.41, 5.74) is 0.665. The lowest BCUT2D eigenvalue weighted by Crippen LogP contribution is -2.58. The van der Waals surface area contributed by atoms with Gasteiger partial charge in [0.05, 0.1) is 18.5 Å². The number of aromatic nitrogens is 2. The molecular formula is C37H58N6O6. The van der Waals surface area contributed by atoms with Gasteiger partial charge < -0.3 is 36.1 Å². The van der Waals surface area contributed by atoms with Crippen LogP contribution in [0.15, 0.2) is 42.9 Å². The second-order valence-electron chi connectivity index (χ2n) is 14.8. The Kier molecular flexibility index (Phi) is 15.6. The van der Waals surface area contributed by atoms with Gasteiger partial charge in [0.1, 0.15) is 17.7 Å². The highest BCUT2D eigenvalue weighted by Crippen LogP contribution is 2.29. The zero-order chi connectivity index (χ0) is 36.0. The fraction of sp³-hybridized carbons (Fsp3) is 0.649. The van der Waals surface area contributed by atoms with E-state index in [0.717, 1.165) is 31.2 Å². The lowest BCUT2D eigenvalue weighted by Gasteiger charge is -2.33. The molecule has 5 atom stereocenters. The number of carbonyl (C=O) groups is 4. The zero-order valence-electron chi connectivity index (χ0n) is 30.1. The van der Waals surface area contributed by atoms with Crippen LogP contribution >= 0.6 is 0 Å². The number of imidazole rings is 1. The Labute approximate surface area is 291 Å². The number of aromatic amines is 1. The van der Waals surface area contributed by atoms with E-state index in [4.69, 9.17) is 4.74 Å². The van der Waals surface area contributed by atoms with Gasteiger partial charge in [-0.25, -0.2) is 9.78 Å². The minimum atomic E-state index is -1.06. The molecule has 272 valence electrons. The quantitative estimate of drug-likeness (QED) is 0.145. The van der Waals surface area contributed by atoms with Crippen molar-refractivity contribution in [2.45, 2.75) is 129 Å². The predicted octanol–water partition coefficient (Wildman–Crippen LogP) is 4.19. The summed E-state index contributed by atoms with van der Waals surface area (Å²) in [5, 5.41) is 23.0. The zero-order valence-corrected chi connectivity index (χ0v) is 30.1. The van der Waals surface area contributed by atoms with Crippen LogP contribution < -0.4 is 21.3 Å². The molecule has 4 amide bonds. The first kappa shape index (κ1) is 39.5. The molecular weight excluding hydrogens is 624 g/mol. The topological polar surface area (TPSA) is 175 Å². The van der Waals surface area contributed by atoms with Gasteiger partial charge in [0.15, 0.2) is 0 Å². The summed E-state index contributed by atoms with van der Waals surface area (Å²) in [6.45, 7) is 9.29. The van der Waals surface area contributed by atoms with Crippen LogP contribution in [0.1, 0.15) is 97.2 Å². The van der Waals surface area contributed by atoms with Crippen LogP contribution in [0.2, 0.25) is 0 Å². The number of hydrogen-bond donors (Lipinski definition) is 6. The molecule has 2 aromatic rings. The normalized spacial score (nSPS) is 16.9. The smallest absolute Gasteiger partial charge is 0.408 e. The number of carbonyl (C=O) groups excluding carboxylic acids is 4. The maximum Gasteiger partial charge on any atom is 0.408 e. The Hall–Kier alpha value is -3.93. The number of ether oxygens (including phenoxy) is 1. The minimum Gasteiger partial charge on any atom is -0.444 e. The standard InChI is InChI=1S/C37H58N6O6/c1-24(2)17-27(33(45)38-6)20-32(44)29(18-25-13-9-7-10-14-25)41-35(47)31(21-28-22-39-23-40-28)42-34(46)30(19-26-15-11-8-12-16-26)43-36(48)49-37(3,4)5/h8,11-12,15-16,22-25,27,29-32,44H,7,9-10,13-14,17-21H2,1-6H3,(H,38,45)(H,39,40)(H,41,47)(H,42,46)(H,43,48)/t27-,29+,30+,31+,32+/m1/s1. The Morgan fingerprint density at radius 1 is 0.918 bits per heavy atom. The second-order valence-corrected chi connectivity index (χ2v) is 14.8. The molecule has 12 nitrogen and oxygen atoms in total. The number of hydrogen-bond acceptors (Lipinski definition) is 7. The molecule has 3 rings (SSSR count). The third-order valence-corrected chi connectivity index (χ3v) is 8.91. The molecule has 1 heterocycles.